The predicted octanol–water partition coefficient (Wildman–Crippen LogP) is 6.54. The lowest BCUT2D eigenvalue weighted by atomic mass is 10.3. The van der Waals surface area contributed by atoms with Crippen LogP contribution in [0.25, 0.3) is 0 Å². The number of hydrogen-bond acceptors (Lipinski definition) is 8. The lowest BCUT2D eigenvalue weighted by molar-refractivity contribution is 0.0724. The smallest absolute Gasteiger partial charge is 0.345 e. The van der Waals surface area contributed by atoms with Gasteiger partial charge < -0.3 is 9.47 Å². The largest absolute Gasteiger partial charge is 0.423 e. The minimum absolute atomic E-state index is 0.179. The minimum atomic E-state index is -0.441. The number of nitrogens with zero attached hydrogens (tertiary/aromatic N) is 2. The molecule has 2 aromatic heterocycles. The third-order valence-corrected chi connectivity index (χ3v) is 7.09. The van der Waals surface area contributed by atoms with Crippen molar-refractivity contribution < 1.29 is 19.1 Å². The molecule has 0 fully saturated rings. The number of pyridine rings is 2. The van der Waals surface area contributed by atoms with Gasteiger partial charge >= 0.3 is 11.9 Å². The van der Waals surface area contributed by atoms with E-state index in [0.29, 0.717) is 22.6 Å². The first-order valence-electron chi connectivity index (χ1n) is 10.7. The second-order valence-corrected chi connectivity index (χ2v) is 11.5. The number of esters is 2. The molecule has 0 radical (unpaired) electrons. The highest BCUT2D eigenvalue weighted by molar-refractivity contribution is 8.18. The van der Waals surface area contributed by atoms with E-state index >= 15 is 0 Å². The fourth-order valence-electron chi connectivity index (χ4n) is 3.04. The molecule has 0 amide bonds. The van der Waals surface area contributed by atoms with Crippen LogP contribution in [0.2, 0.25) is 0 Å². The van der Waals surface area contributed by atoms with Crippen LogP contribution < -0.4 is 9.47 Å². The van der Waals surface area contributed by atoms with E-state index < -0.39 is 11.9 Å². The number of aromatic nitrogens is 2. The van der Waals surface area contributed by atoms with Crippen LogP contribution >= 0.6 is 23.5 Å². The molecule has 0 aliphatic carbocycles. The molecule has 4 rings (SSSR count). The summed E-state index contributed by atoms with van der Waals surface area (Å²) in [5, 5.41) is 0. The number of benzene rings is 2. The lowest BCUT2D eigenvalue weighted by Crippen LogP contribution is -2.09. The molecule has 176 valence electrons. The fourth-order valence-corrected chi connectivity index (χ4v) is 5.46. The molecule has 0 aliphatic heterocycles. The van der Waals surface area contributed by atoms with E-state index in [-0.39, 0.29) is 4.08 Å². The van der Waals surface area contributed by atoms with E-state index in [1.54, 1.807) is 84.4 Å². The van der Waals surface area contributed by atoms with Crippen molar-refractivity contribution >= 4 is 35.5 Å². The SMILES string of the molecule is CC(C)(Sc1ccc(OC(=O)c2cccnc2)cc1)Sc1ccc(OC(=O)c2cccnc2)cc1. The monoisotopic (exact) mass is 502 g/mol. The normalized spacial score (nSPS) is 11.0. The quantitative estimate of drug-likeness (QED) is 0.116. The van der Waals surface area contributed by atoms with E-state index in [1.807, 2.05) is 24.3 Å². The van der Waals surface area contributed by atoms with Crippen LogP contribution in [0.1, 0.15) is 34.6 Å². The summed E-state index contributed by atoms with van der Waals surface area (Å²) in [5.41, 5.74) is 0.808. The summed E-state index contributed by atoms with van der Waals surface area (Å²) in [6.07, 6.45) is 6.17. The van der Waals surface area contributed by atoms with Gasteiger partial charge in [0.15, 0.2) is 0 Å². The lowest BCUT2D eigenvalue weighted by Gasteiger charge is -2.23. The van der Waals surface area contributed by atoms with Gasteiger partial charge in [0.05, 0.1) is 15.2 Å². The molecule has 0 saturated carbocycles. The van der Waals surface area contributed by atoms with Gasteiger partial charge in [0.25, 0.3) is 0 Å². The van der Waals surface area contributed by atoms with Gasteiger partial charge in [0.1, 0.15) is 11.5 Å². The molecular weight excluding hydrogens is 480 g/mol. The molecule has 6 nitrogen and oxygen atoms in total. The summed E-state index contributed by atoms with van der Waals surface area (Å²) >= 11 is 3.39. The van der Waals surface area contributed by atoms with Crippen molar-refractivity contribution in [2.75, 3.05) is 0 Å². The summed E-state index contributed by atoms with van der Waals surface area (Å²) in [7, 11) is 0. The molecule has 8 heteroatoms. The van der Waals surface area contributed by atoms with Crippen molar-refractivity contribution in [2.24, 2.45) is 0 Å². The zero-order chi connectivity index (χ0) is 24.7. The van der Waals surface area contributed by atoms with Gasteiger partial charge in [0.2, 0.25) is 0 Å². The molecule has 0 saturated heterocycles. The Labute approximate surface area is 212 Å². The second kappa shape index (κ2) is 11.2. The Bertz CT molecular complexity index is 1180. The molecule has 0 atom stereocenters. The van der Waals surface area contributed by atoms with Crippen LogP contribution in [0.15, 0.2) is 107 Å². The molecule has 35 heavy (non-hydrogen) atoms. The van der Waals surface area contributed by atoms with Crippen LogP contribution in [-0.2, 0) is 0 Å². The summed E-state index contributed by atoms with van der Waals surface area (Å²) in [5.74, 6) is 0.0723. The molecule has 0 bridgehead atoms. The average molecular weight is 503 g/mol. The maximum absolute atomic E-state index is 12.2. The van der Waals surface area contributed by atoms with Gasteiger partial charge in [-0.15, -0.1) is 23.5 Å². The number of carbonyl (C=O) groups is 2. The number of hydrogen-bond donors (Lipinski definition) is 0. The van der Waals surface area contributed by atoms with Gasteiger partial charge in [-0.05, 0) is 86.6 Å². The zero-order valence-corrected chi connectivity index (χ0v) is 20.7. The highest BCUT2D eigenvalue weighted by atomic mass is 32.2. The van der Waals surface area contributed by atoms with Crippen LogP contribution in [-0.4, -0.2) is 26.0 Å². The molecule has 2 aromatic carbocycles. The molecule has 0 aliphatic rings. The molecule has 2 heterocycles. The summed E-state index contributed by atoms with van der Waals surface area (Å²) < 4.78 is 10.7. The van der Waals surface area contributed by atoms with Gasteiger partial charge in [-0.2, -0.15) is 0 Å². The van der Waals surface area contributed by atoms with Crippen LogP contribution in [0.4, 0.5) is 0 Å². The Balaban J connectivity index is 1.32. The molecule has 0 N–H and O–H groups in total. The molecule has 4 aromatic rings. The van der Waals surface area contributed by atoms with Crippen LogP contribution in [0, 0.1) is 0 Å². The maximum atomic E-state index is 12.2. The maximum Gasteiger partial charge on any atom is 0.345 e. The first kappa shape index (κ1) is 24.5. The first-order chi connectivity index (χ1) is 16.9. The molecular formula is C27H22N2O4S2. The minimum Gasteiger partial charge on any atom is -0.423 e. The summed E-state index contributed by atoms with van der Waals surface area (Å²) in [6.45, 7) is 4.27. The van der Waals surface area contributed by atoms with E-state index in [9.17, 15) is 9.59 Å². The van der Waals surface area contributed by atoms with Crippen molar-refractivity contribution in [3.05, 3.63) is 109 Å². The average Bonchev–Trinajstić information content (AvgIpc) is 2.87. The van der Waals surface area contributed by atoms with Crippen LogP contribution in [0.5, 0.6) is 11.5 Å². The number of thioether (sulfide) groups is 2. The van der Waals surface area contributed by atoms with E-state index in [4.69, 9.17) is 9.47 Å². The summed E-state index contributed by atoms with van der Waals surface area (Å²) in [6, 6.07) is 21.6. The van der Waals surface area contributed by atoms with Crippen molar-refractivity contribution in [3.8, 4) is 11.5 Å². The van der Waals surface area contributed by atoms with Crippen LogP contribution in [0.3, 0.4) is 0 Å². The first-order valence-corrected chi connectivity index (χ1v) is 12.3. The number of rotatable bonds is 8. The van der Waals surface area contributed by atoms with Crippen molar-refractivity contribution in [1.29, 1.82) is 0 Å². The Morgan fingerprint density at radius 1 is 0.657 bits per heavy atom. The third kappa shape index (κ3) is 7.18. The Morgan fingerprint density at radius 2 is 1.06 bits per heavy atom. The van der Waals surface area contributed by atoms with E-state index in [2.05, 4.69) is 23.8 Å². The Kier molecular flexibility index (Phi) is 7.84. The Morgan fingerprint density at radius 3 is 1.40 bits per heavy atom. The van der Waals surface area contributed by atoms with Gasteiger partial charge in [0, 0.05) is 34.6 Å². The standard InChI is InChI=1S/C27H22N2O4S2/c1-27(2,34-23-11-7-21(8-12-23)32-25(30)19-5-3-15-28-17-19)35-24-13-9-22(10-14-24)33-26(31)20-6-4-16-29-18-20/h3-18H,1-2H3. The highest BCUT2D eigenvalue weighted by Crippen LogP contribution is 2.45. The van der Waals surface area contributed by atoms with Crippen molar-refractivity contribution in [2.45, 2.75) is 27.7 Å². The summed E-state index contributed by atoms with van der Waals surface area (Å²) in [4.78, 5) is 34.3. The molecule has 0 spiro atoms. The predicted molar refractivity (Wildman–Crippen MR) is 137 cm³/mol. The fraction of sp³-hybridized carbons (Fsp3) is 0.111. The highest BCUT2D eigenvalue weighted by Gasteiger charge is 2.21. The van der Waals surface area contributed by atoms with Crippen molar-refractivity contribution in [3.63, 3.8) is 0 Å². The van der Waals surface area contributed by atoms with Crippen molar-refractivity contribution in [1.82, 2.24) is 9.97 Å². The van der Waals surface area contributed by atoms with E-state index in [1.165, 1.54) is 12.4 Å². The Hall–Kier alpha value is -3.62. The zero-order valence-electron chi connectivity index (χ0n) is 19.1. The number of ether oxygens (including phenoxy) is 2. The number of carbonyl (C=O) groups excluding carboxylic acids is 2. The second-order valence-electron chi connectivity index (χ2n) is 7.81. The topological polar surface area (TPSA) is 78.4 Å². The third-order valence-electron chi connectivity index (χ3n) is 4.59. The van der Waals surface area contributed by atoms with E-state index in [0.717, 1.165) is 9.79 Å². The van der Waals surface area contributed by atoms with Gasteiger partial charge in [-0.25, -0.2) is 9.59 Å². The van der Waals surface area contributed by atoms with Gasteiger partial charge in [-0.3, -0.25) is 9.97 Å². The van der Waals surface area contributed by atoms with Gasteiger partial charge in [-0.1, -0.05) is 0 Å². The molecule has 0 unspecified atom stereocenters.